The van der Waals surface area contributed by atoms with Crippen LogP contribution in [0.1, 0.15) is 18.2 Å². The smallest absolute Gasteiger partial charge is 0.149 e. The number of hydrogen-bond acceptors (Lipinski definition) is 5. The quantitative estimate of drug-likeness (QED) is 0.729. The van der Waals surface area contributed by atoms with E-state index in [1.54, 1.807) is 36.6 Å². The summed E-state index contributed by atoms with van der Waals surface area (Å²) in [6.07, 6.45) is 2.08. The zero-order valence-corrected chi connectivity index (χ0v) is 12.3. The molecule has 3 rings (SSSR count). The van der Waals surface area contributed by atoms with E-state index in [2.05, 4.69) is 15.5 Å². The van der Waals surface area contributed by atoms with E-state index in [0.29, 0.717) is 17.9 Å². The first-order valence-corrected chi connectivity index (χ1v) is 7.27. The van der Waals surface area contributed by atoms with Gasteiger partial charge in [-0.05, 0) is 55.0 Å². The molecule has 2 aromatic heterocycles. The Bertz CT molecular complexity index is 728. The Balaban J connectivity index is 1.75. The highest BCUT2D eigenvalue weighted by Crippen LogP contribution is 2.23. The molecule has 2 heterocycles. The third kappa shape index (κ3) is 3.73. The molecule has 1 unspecified atom stereocenters. The van der Waals surface area contributed by atoms with Gasteiger partial charge in [0.1, 0.15) is 17.4 Å². The standard InChI is InChI=1S/C17H16FN3O2/c18-13-5-3-12(4-6-13)14-7-8-17(21-20-14)19-15(9-10-22)16-2-1-11-23-16/h1-8,11,15,22H,9-10H2,(H,19,21). The van der Waals surface area contributed by atoms with E-state index in [9.17, 15) is 9.50 Å². The zero-order chi connectivity index (χ0) is 16.1. The minimum atomic E-state index is -0.287. The van der Waals surface area contributed by atoms with Gasteiger partial charge in [0, 0.05) is 12.2 Å². The van der Waals surface area contributed by atoms with Gasteiger partial charge in [-0.1, -0.05) is 0 Å². The van der Waals surface area contributed by atoms with Crippen LogP contribution in [-0.2, 0) is 0 Å². The number of aliphatic hydroxyl groups excluding tert-OH is 1. The summed E-state index contributed by atoms with van der Waals surface area (Å²) in [6, 6.07) is 13.1. The van der Waals surface area contributed by atoms with Crippen molar-refractivity contribution in [2.75, 3.05) is 11.9 Å². The van der Waals surface area contributed by atoms with Gasteiger partial charge in [-0.15, -0.1) is 10.2 Å². The summed E-state index contributed by atoms with van der Waals surface area (Å²) in [6.45, 7) is 0.0272. The summed E-state index contributed by atoms with van der Waals surface area (Å²) in [5.41, 5.74) is 1.45. The van der Waals surface area contributed by atoms with Crippen molar-refractivity contribution in [3.8, 4) is 11.3 Å². The zero-order valence-electron chi connectivity index (χ0n) is 12.3. The van der Waals surface area contributed by atoms with Gasteiger partial charge in [0.25, 0.3) is 0 Å². The highest BCUT2D eigenvalue weighted by Gasteiger charge is 2.14. The predicted octanol–water partition coefficient (Wildman–Crippen LogP) is 3.41. The largest absolute Gasteiger partial charge is 0.467 e. The van der Waals surface area contributed by atoms with Crippen molar-refractivity contribution in [1.29, 1.82) is 0 Å². The van der Waals surface area contributed by atoms with Gasteiger partial charge >= 0.3 is 0 Å². The summed E-state index contributed by atoms with van der Waals surface area (Å²) in [5.74, 6) is 1.01. The molecule has 6 heteroatoms. The molecule has 0 aliphatic heterocycles. The number of aromatic nitrogens is 2. The third-order valence-corrected chi connectivity index (χ3v) is 3.43. The number of furan rings is 1. The fourth-order valence-corrected chi connectivity index (χ4v) is 2.27. The lowest BCUT2D eigenvalue weighted by molar-refractivity contribution is 0.273. The molecule has 23 heavy (non-hydrogen) atoms. The SMILES string of the molecule is OCCC(Nc1ccc(-c2ccc(F)cc2)nn1)c1ccco1. The molecule has 0 saturated heterocycles. The van der Waals surface area contributed by atoms with Crippen LogP contribution >= 0.6 is 0 Å². The van der Waals surface area contributed by atoms with Crippen LogP contribution < -0.4 is 5.32 Å². The van der Waals surface area contributed by atoms with E-state index in [1.807, 2.05) is 6.07 Å². The molecule has 0 saturated carbocycles. The fraction of sp³-hybridized carbons (Fsp3) is 0.176. The summed E-state index contributed by atoms with van der Waals surface area (Å²) in [7, 11) is 0. The average molecular weight is 313 g/mol. The molecule has 0 aliphatic carbocycles. The second kappa shape index (κ2) is 7.02. The first-order valence-electron chi connectivity index (χ1n) is 7.27. The molecule has 0 amide bonds. The molecule has 5 nitrogen and oxygen atoms in total. The lowest BCUT2D eigenvalue weighted by atomic mass is 10.1. The van der Waals surface area contributed by atoms with Gasteiger partial charge in [0.15, 0.2) is 0 Å². The van der Waals surface area contributed by atoms with Crippen molar-refractivity contribution in [1.82, 2.24) is 10.2 Å². The van der Waals surface area contributed by atoms with E-state index < -0.39 is 0 Å². The molecule has 3 aromatic rings. The van der Waals surface area contributed by atoms with Crippen LogP contribution in [-0.4, -0.2) is 21.9 Å². The Kier molecular flexibility index (Phi) is 4.63. The minimum Gasteiger partial charge on any atom is -0.467 e. The van der Waals surface area contributed by atoms with Crippen molar-refractivity contribution >= 4 is 5.82 Å². The highest BCUT2D eigenvalue weighted by molar-refractivity contribution is 5.59. The Hall–Kier alpha value is -2.73. The Morgan fingerprint density at radius 3 is 2.52 bits per heavy atom. The van der Waals surface area contributed by atoms with Gasteiger partial charge in [0.2, 0.25) is 0 Å². The number of benzene rings is 1. The second-order valence-corrected chi connectivity index (χ2v) is 5.04. The molecule has 0 bridgehead atoms. The molecule has 118 valence electrons. The number of aliphatic hydroxyl groups is 1. The first kappa shape index (κ1) is 15.2. The molecule has 0 radical (unpaired) electrons. The van der Waals surface area contributed by atoms with Crippen LogP contribution in [0.3, 0.4) is 0 Å². The third-order valence-electron chi connectivity index (χ3n) is 3.43. The Morgan fingerprint density at radius 1 is 1.09 bits per heavy atom. The lowest BCUT2D eigenvalue weighted by Gasteiger charge is -2.15. The van der Waals surface area contributed by atoms with Gasteiger partial charge < -0.3 is 14.8 Å². The van der Waals surface area contributed by atoms with E-state index >= 15 is 0 Å². The molecule has 1 aromatic carbocycles. The summed E-state index contributed by atoms with van der Waals surface area (Å²) in [4.78, 5) is 0. The maximum absolute atomic E-state index is 12.9. The van der Waals surface area contributed by atoms with Crippen molar-refractivity contribution < 1.29 is 13.9 Å². The molecule has 0 spiro atoms. The number of halogens is 1. The summed E-state index contributed by atoms with van der Waals surface area (Å²) in [5, 5.41) is 20.6. The van der Waals surface area contributed by atoms with Gasteiger partial charge in [-0.25, -0.2) is 4.39 Å². The molecule has 2 N–H and O–H groups in total. The maximum Gasteiger partial charge on any atom is 0.149 e. The number of nitrogens with one attached hydrogen (secondary N) is 1. The van der Waals surface area contributed by atoms with Crippen LogP contribution in [0.15, 0.2) is 59.2 Å². The van der Waals surface area contributed by atoms with Crippen LogP contribution in [0.25, 0.3) is 11.3 Å². The van der Waals surface area contributed by atoms with E-state index in [-0.39, 0.29) is 18.5 Å². The fourth-order valence-electron chi connectivity index (χ4n) is 2.27. The minimum absolute atomic E-state index is 0.0272. The first-order chi connectivity index (χ1) is 11.3. The normalized spacial score (nSPS) is 12.1. The monoisotopic (exact) mass is 313 g/mol. The Labute approximate surface area is 132 Å². The predicted molar refractivity (Wildman–Crippen MR) is 84.2 cm³/mol. The lowest BCUT2D eigenvalue weighted by Crippen LogP contribution is -2.13. The van der Waals surface area contributed by atoms with Crippen molar-refractivity contribution in [2.24, 2.45) is 0 Å². The molecule has 0 aliphatic rings. The molecule has 0 fully saturated rings. The average Bonchev–Trinajstić information content (AvgIpc) is 3.10. The van der Waals surface area contributed by atoms with Gasteiger partial charge in [0.05, 0.1) is 18.0 Å². The van der Waals surface area contributed by atoms with E-state index in [0.717, 1.165) is 11.3 Å². The number of rotatable bonds is 6. The second-order valence-electron chi connectivity index (χ2n) is 5.04. The van der Waals surface area contributed by atoms with Crippen LogP contribution in [0, 0.1) is 5.82 Å². The van der Waals surface area contributed by atoms with Crippen LogP contribution in [0.5, 0.6) is 0 Å². The van der Waals surface area contributed by atoms with Crippen molar-refractivity contribution in [3.05, 3.63) is 66.4 Å². The number of anilines is 1. The van der Waals surface area contributed by atoms with Gasteiger partial charge in [-0.2, -0.15) is 0 Å². The van der Waals surface area contributed by atoms with Gasteiger partial charge in [-0.3, -0.25) is 0 Å². The highest BCUT2D eigenvalue weighted by atomic mass is 19.1. The molecular formula is C17H16FN3O2. The van der Waals surface area contributed by atoms with Crippen molar-refractivity contribution in [2.45, 2.75) is 12.5 Å². The topological polar surface area (TPSA) is 71.2 Å². The van der Waals surface area contributed by atoms with E-state index in [4.69, 9.17) is 4.42 Å². The maximum atomic E-state index is 12.9. The van der Waals surface area contributed by atoms with Crippen LogP contribution in [0.2, 0.25) is 0 Å². The van der Waals surface area contributed by atoms with Crippen molar-refractivity contribution in [3.63, 3.8) is 0 Å². The Morgan fingerprint density at radius 2 is 1.91 bits per heavy atom. The summed E-state index contributed by atoms with van der Waals surface area (Å²) >= 11 is 0. The van der Waals surface area contributed by atoms with E-state index in [1.165, 1.54) is 12.1 Å². The number of nitrogens with zero attached hydrogens (tertiary/aromatic N) is 2. The molecule has 1 atom stereocenters. The van der Waals surface area contributed by atoms with Crippen LogP contribution in [0.4, 0.5) is 10.2 Å². The molecular weight excluding hydrogens is 297 g/mol. The number of hydrogen-bond donors (Lipinski definition) is 2. The summed E-state index contributed by atoms with van der Waals surface area (Å²) < 4.78 is 18.3.